The fourth-order valence-electron chi connectivity index (χ4n) is 5.44. The van der Waals surface area contributed by atoms with Gasteiger partial charge in [0.1, 0.15) is 0 Å². The highest BCUT2D eigenvalue weighted by Crippen LogP contribution is 2.59. The third-order valence-electron chi connectivity index (χ3n) is 6.14. The Morgan fingerprint density at radius 2 is 1.48 bits per heavy atom. The molecule has 4 aliphatic carbocycles. The van der Waals surface area contributed by atoms with Gasteiger partial charge >= 0.3 is 0 Å². The maximum atomic E-state index is 12.1. The maximum Gasteiger partial charge on any atom is 0.225 e. The summed E-state index contributed by atoms with van der Waals surface area (Å²) >= 11 is 0. The second-order valence-electron chi connectivity index (χ2n) is 9.45. The van der Waals surface area contributed by atoms with Crippen molar-refractivity contribution in [1.29, 1.82) is 0 Å². The molecule has 0 atom stereocenters. The van der Waals surface area contributed by atoms with Crippen molar-refractivity contribution in [2.75, 3.05) is 13.1 Å². The number of amides is 2. The van der Waals surface area contributed by atoms with E-state index in [2.05, 4.69) is 10.6 Å². The highest BCUT2D eigenvalue weighted by atomic mass is 16.2. The molecule has 23 heavy (non-hydrogen) atoms. The summed E-state index contributed by atoms with van der Waals surface area (Å²) in [7, 11) is 0. The normalized spacial score (nSPS) is 35.2. The summed E-state index contributed by atoms with van der Waals surface area (Å²) in [4.78, 5) is 23.9. The zero-order valence-electron chi connectivity index (χ0n) is 14.9. The largest absolute Gasteiger partial charge is 0.355 e. The smallest absolute Gasteiger partial charge is 0.225 e. The average molecular weight is 320 g/mol. The Morgan fingerprint density at radius 3 is 1.96 bits per heavy atom. The van der Waals surface area contributed by atoms with Crippen LogP contribution in [0.5, 0.6) is 0 Å². The Labute approximate surface area is 140 Å². The molecule has 0 aromatic carbocycles. The van der Waals surface area contributed by atoms with Crippen LogP contribution < -0.4 is 10.6 Å². The zero-order valence-corrected chi connectivity index (χ0v) is 14.9. The van der Waals surface area contributed by atoms with Crippen LogP contribution in [0.15, 0.2) is 0 Å². The van der Waals surface area contributed by atoms with Crippen LogP contribution in [0.2, 0.25) is 0 Å². The van der Waals surface area contributed by atoms with Crippen LogP contribution in [-0.2, 0) is 9.59 Å². The van der Waals surface area contributed by atoms with Gasteiger partial charge in [-0.25, -0.2) is 0 Å². The molecule has 0 unspecified atom stereocenters. The number of nitrogens with one attached hydrogen (secondary N) is 2. The van der Waals surface area contributed by atoms with Crippen LogP contribution in [0.1, 0.15) is 65.7 Å². The number of carbonyl (C=O) groups is 2. The van der Waals surface area contributed by atoms with E-state index in [1.54, 1.807) is 0 Å². The predicted octanol–water partition coefficient (Wildman–Crippen LogP) is 2.87. The molecule has 2 amide bonds. The molecule has 2 N–H and O–H groups in total. The molecule has 0 spiro atoms. The first kappa shape index (κ1) is 16.8. The van der Waals surface area contributed by atoms with E-state index in [1.807, 2.05) is 20.8 Å². The van der Waals surface area contributed by atoms with Gasteiger partial charge in [-0.2, -0.15) is 0 Å². The highest BCUT2D eigenvalue weighted by molar-refractivity contribution is 5.82. The van der Waals surface area contributed by atoms with Gasteiger partial charge in [-0.05, 0) is 61.7 Å². The van der Waals surface area contributed by atoms with Crippen LogP contribution in [0.3, 0.4) is 0 Å². The second kappa shape index (κ2) is 6.10. The molecule has 0 heterocycles. The van der Waals surface area contributed by atoms with Crippen molar-refractivity contribution in [3.8, 4) is 0 Å². The SMILES string of the molecule is CC(C)(C)C(=O)NCCC(=O)NCC12CC3CC(CC(C3)C1)C2. The molecule has 4 nitrogen and oxygen atoms in total. The Kier molecular flexibility index (Phi) is 4.45. The number of hydrogen-bond acceptors (Lipinski definition) is 2. The van der Waals surface area contributed by atoms with Crippen molar-refractivity contribution in [3.05, 3.63) is 0 Å². The van der Waals surface area contributed by atoms with Crippen molar-refractivity contribution in [2.45, 2.75) is 65.7 Å². The lowest BCUT2D eigenvalue weighted by molar-refractivity contribution is -0.128. The first-order chi connectivity index (χ1) is 10.8. The van der Waals surface area contributed by atoms with Gasteiger partial charge in [0.2, 0.25) is 11.8 Å². The molecule has 4 rings (SSSR count). The van der Waals surface area contributed by atoms with Crippen molar-refractivity contribution < 1.29 is 9.59 Å². The Hall–Kier alpha value is -1.06. The van der Waals surface area contributed by atoms with Gasteiger partial charge in [0.25, 0.3) is 0 Å². The molecular weight excluding hydrogens is 288 g/mol. The van der Waals surface area contributed by atoms with Crippen molar-refractivity contribution in [3.63, 3.8) is 0 Å². The van der Waals surface area contributed by atoms with E-state index in [-0.39, 0.29) is 11.8 Å². The van der Waals surface area contributed by atoms with Crippen LogP contribution in [0.25, 0.3) is 0 Å². The molecule has 130 valence electrons. The molecule has 0 radical (unpaired) electrons. The number of hydrogen-bond donors (Lipinski definition) is 2. The first-order valence-corrected chi connectivity index (χ1v) is 9.31. The lowest BCUT2D eigenvalue weighted by Gasteiger charge is -2.56. The summed E-state index contributed by atoms with van der Waals surface area (Å²) in [5.41, 5.74) is -0.00522. The van der Waals surface area contributed by atoms with Crippen LogP contribution in [0, 0.1) is 28.6 Å². The summed E-state index contributed by atoms with van der Waals surface area (Å²) in [6.45, 7) is 6.94. The lowest BCUT2D eigenvalue weighted by Crippen LogP contribution is -2.51. The summed E-state index contributed by atoms with van der Waals surface area (Å²) in [5, 5.41) is 6.01. The minimum Gasteiger partial charge on any atom is -0.355 e. The summed E-state index contributed by atoms with van der Waals surface area (Å²) in [6, 6.07) is 0. The van der Waals surface area contributed by atoms with Gasteiger partial charge in [-0.15, -0.1) is 0 Å². The molecule has 0 saturated heterocycles. The second-order valence-corrected chi connectivity index (χ2v) is 9.45. The average Bonchev–Trinajstić information content (AvgIpc) is 2.42. The molecule has 4 aliphatic rings. The Morgan fingerprint density at radius 1 is 0.957 bits per heavy atom. The predicted molar refractivity (Wildman–Crippen MR) is 90.7 cm³/mol. The fraction of sp³-hybridized carbons (Fsp3) is 0.895. The Balaban J connectivity index is 1.40. The molecule has 0 aliphatic heterocycles. The van der Waals surface area contributed by atoms with E-state index < -0.39 is 5.41 Å². The highest BCUT2D eigenvalue weighted by Gasteiger charge is 2.50. The summed E-state index contributed by atoms with van der Waals surface area (Å²) < 4.78 is 0. The summed E-state index contributed by atoms with van der Waals surface area (Å²) in [5.74, 6) is 2.85. The Bertz CT molecular complexity index is 443. The quantitative estimate of drug-likeness (QED) is 0.818. The zero-order chi connectivity index (χ0) is 16.7. The molecular formula is C19H32N2O2. The minimum absolute atomic E-state index is 0.00591. The van der Waals surface area contributed by atoms with Crippen molar-refractivity contribution >= 4 is 11.8 Å². The maximum absolute atomic E-state index is 12.1. The standard InChI is InChI=1S/C19H32N2O2/c1-18(2,3)17(23)20-5-4-16(22)21-12-19-9-13-6-14(10-19)8-15(7-13)11-19/h13-15H,4-12H2,1-3H3,(H,20,23)(H,21,22). The van der Waals surface area contributed by atoms with E-state index in [0.29, 0.717) is 18.4 Å². The van der Waals surface area contributed by atoms with E-state index in [4.69, 9.17) is 0 Å². The van der Waals surface area contributed by atoms with Gasteiger partial charge in [-0.3, -0.25) is 9.59 Å². The molecule has 4 fully saturated rings. The van der Waals surface area contributed by atoms with Crippen LogP contribution in [0.4, 0.5) is 0 Å². The third kappa shape index (κ3) is 3.89. The molecule has 4 bridgehead atoms. The fourth-order valence-corrected chi connectivity index (χ4v) is 5.44. The van der Waals surface area contributed by atoms with E-state index in [9.17, 15) is 9.59 Å². The van der Waals surface area contributed by atoms with Crippen LogP contribution >= 0.6 is 0 Å². The van der Waals surface area contributed by atoms with Gasteiger partial charge in [0.15, 0.2) is 0 Å². The van der Waals surface area contributed by atoms with Crippen molar-refractivity contribution in [2.24, 2.45) is 28.6 Å². The lowest BCUT2D eigenvalue weighted by atomic mass is 9.49. The number of carbonyl (C=O) groups excluding carboxylic acids is 2. The molecule has 4 heteroatoms. The molecule has 0 aromatic heterocycles. The van der Waals surface area contributed by atoms with Gasteiger partial charge in [0.05, 0.1) is 0 Å². The molecule has 0 aromatic rings. The van der Waals surface area contributed by atoms with Gasteiger partial charge in [0, 0.05) is 24.9 Å². The van der Waals surface area contributed by atoms with Gasteiger partial charge in [-0.1, -0.05) is 20.8 Å². The van der Waals surface area contributed by atoms with E-state index in [1.165, 1.54) is 38.5 Å². The summed E-state index contributed by atoms with van der Waals surface area (Å²) in [6.07, 6.45) is 8.65. The third-order valence-corrected chi connectivity index (χ3v) is 6.14. The topological polar surface area (TPSA) is 58.2 Å². The van der Waals surface area contributed by atoms with Crippen molar-refractivity contribution in [1.82, 2.24) is 10.6 Å². The monoisotopic (exact) mass is 320 g/mol. The van der Waals surface area contributed by atoms with Gasteiger partial charge < -0.3 is 10.6 Å². The number of rotatable bonds is 5. The van der Waals surface area contributed by atoms with E-state index in [0.717, 1.165) is 24.3 Å². The first-order valence-electron chi connectivity index (χ1n) is 9.31. The molecule has 4 saturated carbocycles. The minimum atomic E-state index is -0.393. The van der Waals surface area contributed by atoms with E-state index >= 15 is 0 Å². The van der Waals surface area contributed by atoms with Crippen LogP contribution in [-0.4, -0.2) is 24.9 Å².